The third-order valence-corrected chi connectivity index (χ3v) is 1.15. The third kappa shape index (κ3) is 2.78. The van der Waals surface area contributed by atoms with E-state index in [9.17, 15) is 31.1 Å². The zero-order valence-electron chi connectivity index (χ0n) is 6.87. The maximum atomic E-state index is 12.3. The van der Waals surface area contributed by atoms with Gasteiger partial charge in [-0.05, 0) is 6.92 Å². The highest BCUT2D eigenvalue weighted by atomic mass is 19.4. The Balaban J connectivity index is 4.69. The van der Waals surface area contributed by atoms with Crippen LogP contribution >= 0.6 is 0 Å². The van der Waals surface area contributed by atoms with Crippen LogP contribution in [-0.2, 0) is 9.53 Å². The van der Waals surface area contributed by atoms with Crippen LogP contribution in [0, 0.1) is 0 Å². The molecule has 0 saturated carbocycles. The molecule has 2 nitrogen and oxygen atoms in total. The zero-order valence-corrected chi connectivity index (χ0v) is 6.87. The summed E-state index contributed by atoms with van der Waals surface area (Å²) in [4.78, 5) is 10.2. The molecule has 1 atom stereocenters. The van der Waals surface area contributed by atoms with Gasteiger partial charge in [0.05, 0.1) is 6.61 Å². The molecule has 8 heteroatoms. The van der Waals surface area contributed by atoms with Crippen molar-refractivity contribution >= 4 is 5.97 Å². The van der Waals surface area contributed by atoms with Crippen LogP contribution in [0.25, 0.3) is 0 Å². The molecule has 0 N–H and O–H groups in total. The summed E-state index contributed by atoms with van der Waals surface area (Å²) in [5, 5.41) is 0. The number of carbonyl (C=O) groups is 1. The van der Waals surface area contributed by atoms with Crippen LogP contribution in [0.5, 0.6) is 0 Å². The lowest BCUT2D eigenvalue weighted by Crippen LogP contribution is -2.48. The summed E-state index contributed by atoms with van der Waals surface area (Å²) in [5.74, 6) is -7.72. The van der Waals surface area contributed by atoms with Crippen molar-refractivity contribution in [1.29, 1.82) is 0 Å². The molecule has 0 aromatic rings. The third-order valence-electron chi connectivity index (χ3n) is 1.15. The van der Waals surface area contributed by atoms with Crippen molar-refractivity contribution in [2.75, 3.05) is 6.61 Å². The highest BCUT2D eigenvalue weighted by Gasteiger charge is 2.62. The Labute approximate surface area is 74.8 Å². The highest BCUT2D eigenvalue weighted by molar-refractivity contribution is 5.78. The number of ether oxygens (including phenoxy) is 1. The standard InChI is InChI=1S/C6H6F6O2/c1-2-14-4(13)5(8,9)3(7)6(10,11)12/h3H,2H2,1H3/t3-/m1/s1. The van der Waals surface area contributed by atoms with Crippen LogP contribution in [0.15, 0.2) is 0 Å². The molecule has 0 aliphatic rings. The number of alkyl halides is 6. The van der Waals surface area contributed by atoms with Gasteiger partial charge in [0, 0.05) is 0 Å². The smallest absolute Gasteiger partial charge is 0.426 e. The van der Waals surface area contributed by atoms with Gasteiger partial charge in [-0.2, -0.15) is 22.0 Å². The molecule has 0 aliphatic heterocycles. The summed E-state index contributed by atoms with van der Waals surface area (Å²) in [6, 6.07) is 0. The number of rotatable bonds is 3. The van der Waals surface area contributed by atoms with Gasteiger partial charge in [-0.25, -0.2) is 9.18 Å². The second kappa shape index (κ2) is 4.05. The highest BCUT2D eigenvalue weighted by Crippen LogP contribution is 2.35. The lowest BCUT2D eigenvalue weighted by molar-refractivity contribution is -0.249. The molecule has 84 valence electrons. The van der Waals surface area contributed by atoms with Crippen LogP contribution in [0.1, 0.15) is 6.92 Å². The minimum Gasteiger partial charge on any atom is -0.461 e. The number of halogens is 6. The van der Waals surface area contributed by atoms with Gasteiger partial charge in [0.2, 0.25) is 0 Å². The van der Waals surface area contributed by atoms with Crippen LogP contribution in [0.2, 0.25) is 0 Å². The van der Waals surface area contributed by atoms with E-state index >= 15 is 0 Å². The lowest BCUT2D eigenvalue weighted by atomic mass is 10.2. The van der Waals surface area contributed by atoms with Crippen LogP contribution in [0.4, 0.5) is 26.3 Å². The summed E-state index contributed by atoms with van der Waals surface area (Å²) in [5.41, 5.74) is 0. The molecule has 0 spiro atoms. The summed E-state index contributed by atoms with van der Waals surface area (Å²) >= 11 is 0. The van der Waals surface area contributed by atoms with Gasteiger partial charge in [-0.15, -0.1) is 0 Å². The second-order valence-corrected chi connectivity index (χ2v) is 2.25. The summed E-state index contributed by atoms with van der Waals surface area (Å²) in [6.07, 6.45) is -10.3. The quantitative estimate of drug-likeness (QED) is 0.542. The first kappa shape index (κ1) is 13.0. The Bertz CT molecular complexity index is 211. The SMILES string of the molecule is CCOC(=O)C(F)(F)[C@@H](F)C(F)(F)F. The number of hydrogen-bond acceptors (Lipinski definition) is 2. The Morgan fingerprint density at radius 2 is 1.71 bits per heavy atom. The average molecular weight is 224 g/mol. The van der Waals surface area contributed by atoms with Crippen molar-refractivity contribution in [3.8, 4) is 0 Å². The van der Waals surface area contributed by atoms with E-state index in [4.69, 9.17) is 0 Å². The molecule has 0 aromatic carbocycles. The molecular formula is C6H6F6O2. The van der Waals surface area contributed by atoms with E-state index < -0.39 is 30.8 Å². The van der Waals surface area contributed by atoms with Crippen molar-refractivity contribution in [3.63, 3.8) is 0 Å². The minimum atomic E-state index is -5.80. The molecule has 0 fully saturated rings. The van der Waals surface area contributed by atoms with E-state index in [1.807, 2.05) is 0 Å². The maximum absolute atomic E-state index is 12.3. The predicted octanol–water partition coefficient (Wildman–Crippen LogP) is 2.09. The number of carbonyl (C=O) groups excluding carboxylic acids is 1. The van der Waals surface area contributed by atoms with Crippen LogP contribution in [-0.4, -0.2) is 30.8 Å². The van der Waals surface area contributed by atoms with Gasteiger partial charge >= 0.3 is 18.1 Å². The first-order valence-corrected chi connectivity index (χ1v) is 3.39. The Morgan fingerprint density at radius 1 is 1.29 bits per heavy atom. The Hall–Kier alpha value is -0.950. The van der Waals surface area contributed by atoms with Crippen molar-refractivity contribution in [2.45, 2.75) is 25.2 Å². The Morgan fingerprint density at radius 3 is 2.00 bits per heavy atom. The first-order valence-electron chi connectivity index (χ1n) is 3.39. The molecule has 14 heavy (non-hydrogen) atoms. The van der Waals surface area contributed by atoms with E-state index in [0.717, 1.165) is 6.92 Å². The van der Waals surface area contributed by atoms with Gasteiger partial charge in [-0.1, -0.05) is 0 Å². The minimum absolute atomic E-state index is 0.557. The lowest BCUT2D eigenvalue weighted by Gasteiger charge is -2.20. The molecule has 0 aromatic heterocycles. The van der Waals surface area contributed by atoms with Gasteiger partial charge in [-0.3, -0.25) is 0 Å². The summed E-state index contributed by atoms with van der Waals surface area (Å²) < 4.78 is 74.8. The zero-order chi connectivity index (χ0) is 11.6. The molecule has 0 heterocycles. The molecule has 0 radical (unpaired) electrons. The first-order chi connectivity index (χ1) is 6.14. The van der Waals surface area contributed by atoms with Gasteiger partial charge in [0.25, 0.3) is 6.17 Å². The van der Waals surface area contributed by atoms with Gasteiger partial charge < -0.3 is 4.74 Å². The van der Waals surface area contributed by atoms with Crippen molar-refractivity contribution < 1.29 is 35.9 Å². The fourth-order valence-corrected chi connectivity index (χ4v) is 0.536. The Kier molecular flexibility index (Phi) is 3.78. The fraction of sp³-hybridized carbons (Fsp3) is 0.833. The van der Waals surface area contributed by atoms with E-state index in [1.165, 1.54) is 0 Å². The summed E-state index contributed by atoms with van der Waals surface area (Å²) in [7, 11) is 0. The normalized spacial score (nSPS) is 15.1. The molecule has 0 bridgehead atoms. The monoisotopic (exact) mass is 224 g/mol. The molecule has 0 unspecified atom stereocenters. The van der Waals surface area contributed by atoms with E-state index in [0.29, 0.717) is 0 Å². The maximum Gasteiger partial charge on any atom is 0.426 e. The topological polar surface area (TPSA) is 26.3 Å². The number of esters is 1. The van der Waals surface area contributed by atoms with Gasteiger partial charge in [0.15, 0.2) is 0 Å². The molecule has 0 amide bonds. The van der Waals surface area contributed by atoms with E-state index in [2.05, 4.69) is 4.74 Å². The number of hydrogen-bond donors (Lipinski definition) is 0. The second-order valence-electron chi connectivity index (χ2n) is 2.25. The fourth-order valence-electron chi connectivity index (χ4n) is 0.536. The van der Waals surface area contributed by atoms with Crippen LogP contribution in [0.3, 0.4) is 0 Å². The predicted molar refractivity (Wildman–Crippen MR) is 32.5 cm³/mol. The summed E-state index contributed by atoms with van der Waals surface area (Å²) in [6.45, 7) is 0.549. The van der Waals surface area contributed by atoms with E-state index in [1.54, 1.807) is 0 Å². The molecular weight excluding hydrogens is 218 g/mol. The molecule has 0 rings (SSSR count). The largest absolute Gasteiger partial charge is 0.461 e. The van der Waals surface area contributed by atoms with Crippen molar-refractivity contribution in [1.82, 2.24) is 0 Å². The molecule has 0 aliphatic carbocycles. The average Bonchev–Trinajstić information content (AvgIpc) is 2.01. The van der Waals surface area contributed by atoms with Crippen molar-refractivity contribution in [3.05, 3.63) is 0 Å². The van der Waals surface area contributed by atoms with Gasteiger partial charge in [0.1, 0.15) is 0 Å². The molecule has 0 saturated heterocycles. The van der Waals surface area contributed by atoms with E-state index in [-0.39, 0.29) is 0 Å². The van der Waals surface area contributed by atoms with Crippen molar-refractivity contribution in [2.24, 2.45) is 0 Å². The van der Waals surface area contributed by atoms with Crippen LogP contribution < -0.4 is 0 Å².